The van der Waals surface area contributed by atoms with Crippen LogP contribution in [0.5, 0.6) is 0 Å². The Kier molecular flexibility index (Phi) is 5.02. The third-order valence-electron chi connectivity index (χ3n) is 4.98. The summed E-state index contributed by atoms with van der Waals surface area (Å²) in [4.78, 5) is 25.6. The van der Waals surface area contributed by atoms with Gasteiger partial charge in [0.05, 0.1) is 5.41 Å². The van der Waals surface area contributed by atoms with Gasteiger partial charge in [0.1, 0.15) is 0 Å². The Balaban J connectivity index is 2.06. The minimum absolute atomic E-state index is 0.0939. The van der Waals surface area contributed by atoms with Crippen LogP contribution in [-0.2, 0) is 9.59 Å². The zero-order valence-electron chi connectivity index (χ0n) is 12.1. The zero-order valence-corrected chi connectivity index (χ0v) is 12.1. The van der Waals surface area contributed by atoms with Gasteiger partial charge in [0, 0.05) is 25.6 Å². The van der Waals surface area contributed by atoms with Gasteiger partial charge in [-0.15, -0.1) is 0 Å². The number of carboxylic acid groups (broad SMARTS) is 1. The van der Waals surface area contributed by atoms with Crippen molar-refractivity contribution in [1.82, 2.24) is 4.90 Å². The molecular formula is C15H26N2O3. The van der Waals surface area contributed by atoms with Crippen LogP contribution in [0.2, 0.25) is 0 Å². The standard InChI is InChI=1S/C15H26N2O3/c16-11-15(8-2-3-9-15)14(20)17-10-4-1-5-12(17)6-7-13(18)19/h12H,1-11,16H2,(H,18,19). The lowest BCUT2D eigenvalue weighted by atomic mass is 9.83. The average molecular weight is 282 g/mol. The van der Waals surface area contributed by atoms with Crippen LogP contribution in [0.25, 0.3) is 0 Å². The fraction of sp³-hybridized carbons (Fsp3) is 0.867. The smallest absolute Gasteiger partial charge is 0.303 e. The SMILES string of the molecule is NCC1(C(=O)N2CCCCC2CCC(=O)O)CCCC1. The van der Waals surface area contributed by atoms with Crippen molar-refractivity contribution in [3.05, 3.63) is 0 Å². The van der Waals surface area contributed by atoms with E-state index in [4.69, 9.17) is 10.8 Å². The van der Waals surface area contributed by atoms with Gasteiger partial charge in [-0.3, -0.25) is 9.59 Å². The van der Waals surface area contributed by atoms with Gasteiger partial charge in [0.25, 0.3) is 0 Å². The molecule has 5 heteroatoms. The number of likely N-dealkylation sites (tertiary alicyclic amines) is 1. The van der Waals surface area contributed by atoms with Crippen molar-refractivity contribution in [2.24, 2.45) is 11.1 Å². The number of carbonyl (C=O) groups is 2. The van der Waals surface area contributed by atoms with Gasteiger partial charge in [-0.2, -0.15) is 0 Å². The Labute approximate surface area is 120 Å². The van der Waals surface area contributed by atoms with Gasteiger partial charge in [-0.25, -0.2) is 0 Å². The van der Waals surface area contributed by atoms with Crippen molar-refractivity contribution >= 4 is 11.9 Å². The molecule has 1 saturated carbocycles. The van der Waals surface area contributed by atoms with Crippen LogP contribution in [0.3, 0.4) is 0 Å². The second kappa shape index (κ2) is 6.57. The van der Waals surface area contributed by atoms with Crippen LogP contribution < -0.4 is 5.73 Å². The highest BCUT2D eigenvalue weighted by Gasteiger charge is 2.44. The molecule has 3 N–H and O–H groups in total. The molecule has 2 rings (SSSR count). The number of amides is 1. The number of hydrogen-bond donors (Lipinski definition) is 2. The van der Waals surface area contributed by atoms with Crippen LogP contribution >= 0.6 is 0 Å². The molecule has 1 saturated heterocycles. The van der Waals surface area contributed by atoms with Gasteiger partial charge in [0.2, 0.25) is 5.91 Å². The van der Waals surface area contributed by atoms with Crippen LogP contribution in [0, 0.1) is 5.41 Å². The maximum absolute atomic E-state index is 12.9. The Bertz CT molecular complexity index is 364. The lowest BCUT2D eigenvalue weighted by molar-refractivity contribution is -0.147. The van der Waals surface area contributed by atoms with Gasteiger partial charge >= 0.3 is 5.97 Å². The van der Waals surface area contributed by atoms with E-state index in [-0.39, 0.29) is 23.8 Å². The molecule has 0 radical (unpaired) electrons. The zero-order chi connectivity index (χ0) is 14.6. The van der Waals surface area contributed by atoms with Crippen molar-refractivity contribution in [2.75, 3.05) is 13.1 Å². The predicted octanol–water partition coefficient (Wildman–Crippen LogP) is 1.75. The quantitative estimate of drug-likeness (QED) is 0.804. The molecule has 20 heavy (non-hydrogen) atoms. The maximum atomic E-state index is 12.9. The Hall–Kier alpha value is -1.10. The Morgan fingerprint density at radius 2 is 1.90 bits per heavy atom. The number of carboxylic acids is 1. The molecule has 0 aromatic carbocycles. The van der Waals surface area contributed by atoms with Crippen molar-refractivity contribution in [1.29, 1.82) is 0 Å². The van der Waals surface area contributed by atoms with E-state index in [1.807, 2.05) is 4.90 Å². The van der Waals surface area contributed by atoms with Crippen LogP contribution in [0.1, 0.15) is 57.8 Å². The largest absolute Gasteiger partial charge is 0.481 e. The lowest BCUT2D eigenvalue weighted by Gasteiger charge is -2.41. The van der Waals surface area contributed by atoms with E-state index < -0.39 is 5.97 Å². The fourth-order valence-corrected chi connectivity index (χ4v) is 3.72. The molecule has 2 fully saturated rings. The normalized spacial score (nSPS) is 25.6. The third-order valence-corrected chi connectivity index (χ3v) is 4.98. The highest BCUT2D eigenvalue weighted by Crippen LogP contribution is 2.40. The summed E-state index contributed by atoms with van der Waals surface area (Å²) in [6, 6.07) is 0.0939. The summed E-state index contributed by atoms with van der Waals surface area (Å²) >= 11 is 0. The molecule has 5 nitrogen and oxygen atoms in total. The van der Waals surface area contributed by atoms with E-state index in [9.17, 15) is 9.59 Å². The first-order valence-electron chi connectivity index (χ1n) is 7.82. The number of nitrogens with two attached hydrogens (primary N) is 1. The van der Waals surface area contributed by atoms with E-state index >= 15 is 0 Å². The van der Waals surface area contributed by atoms with Crippen molar-refractivity contribution < 1.29 is 14.7 Å². The second-order valence-electron chi connectivity index (χ2n) is 6.27. The molecule has 1 unspecified atom stereocenters. The summed E-state index contributed by atoms with van der Waals surface area (Å²) in [5.74, 6) is -0.593. The number of nitrogens with zero attached hydrogens (tertiary/aromatic N) is 1. The number of hydrogen-bond acceptors (Lipinski definition) is 3. The molecule has 1 atom stereocenters. The van der Waals surface area contributed by atoms with Crippen LogP contribution in [0.4, 0.5) is 0 Å². The van der Waals surface area contributed by atoms with Crippen molar-refractivity contribution in [2.45, 2.75) is 63.8 Å². The molecule has 1 aliphatic heterocycles. The van der Waals surface area contributed by atoms with E-state index in [0.29, 0.717) is 13.0 Å². The molecule has 1 heterocycles. The minimum atomic E-state index is -0.780. The lowest BCUT2D eigenvalue weighted by Crippen LogP contribution is -2.52. The van der Waals surface area contributed by atoms with Gasteiger partial charge < -0.3 is 15.7 Å². The van der Waals surface area contributed by atoms with E-state index in [1.165, 1.54) is 0 Å². The van der Waals surface area contributed by atoms with Gasteiger partial charge in [0.15, 0.2) is 0 Å². The topological polar surface area (TPSA) is 83.6 Å². The molecule has 0 aromatic rings. The van der Waals surface area contributed by atoms with Crippen molar-refractivity contribution in [3.63, 3.8) is 0 Å². The van der Waals surface area contributed by atoms with Crippen LogP contribution in [-0.4, -0.2) is 41.0 Å². The molecule has 0 spiro atoms. The monoisotopic (exact) mass is 282 g/mol. The molecule has 2 aliphatic rings. The Morgan fingerprint density at radius 3 is 2.50 bits per heavy atom. The van der Waals surface area contributed by atoms with Crippen molar-refractivity contribution in [3.8, 4) is 0 Å². The van der Waals surface area contributed by atoms with E-state index in [1.54, 1.807) is 0 Å². The maximum Gasteiger partial charge on any atom is 0.303 e. The third kappa shape index (κ3) is 3.14. The summed E-state index contributed by atoms with van der Waals surface area (Å²) in [6.45, 7) is 1.19. The van der Waals surface area contributed by atoms with Crippen LogP contribution in [0.15, 0.2) is 0 Å². The second-order valence-corrected chi connectivity index (χ2v) is 6.27. The van der Waals surface area contributed by atoms with E-state index in [0.717, 1.165) is 51.5 Å². The number of piperidine rings is 1. The molecule has 0 bridgehead atoms. The summed E-state index contributed by atoms with van der Waals surface area (Å²) < 4.78 is 0. The number of carbonyl (C=O) groups excluding carboxylic acids is 1. The number of rotatable bonds is 5. The molecule has 1 aliphatic carbocycles. The minimum Gasteiger partial charge on any atom is -0.481 e. The molecule has 114 valence electrons. The van der Waals surface area contributed by atoms with E-state index in [2.05, 4.69) is 0 Å². The van der Waals surface area contributed by atoms with Gasteiger partial charge in [-0.1, -0.05) is 12.8 Å². The Morgan fingerprint density at radius 1 is 1.20 bits per heavy atom. The average Bonchev–Trinajstić information content (AvgIpc) is 2.94. The molecule has 1 amide bonds. The molecular weight excluding hydrogens is 256 g/mol. The summed E-state index contributed by atoms with van der Waals surface area (Å²) in [5.41, 5.74) is 5.54. The van der Waals surface area contributed by atoms with Gasteiger partial charge in [-0.05, 0) is 38.5 Å². The first kappa shape index (κ1) is 15.3. The summed E-state index contributed by atoms with van der Waals surface area (Å²) in [5, 5.41) is 8.85. The first-order chi connectivity index (χ1) is 9.59. The molecule has 0 aromatic heterocycles. The number of aliphatic carboxylic acids is 1. The highest BCUT2D eigenvalue weighted by atomic mass is 16.4. The first-order valence-corrected chi connectivity index (χ1v) is 7.82. The summed E-state index contributed by atoms with van der Waals surface area (Å²) in [7, 11) is 0. The fourth-order valence-electron chi connectivity index (χ4n) is 3.72. The summed E-state index contributed by atoms with van der Waals surface area (Å²) in [6.07, 6.45) is 7.70. The predicted molar refractivity (Wildman–Crippen MR) is 76.2 cm³/mol. The highest BCUT2D eigenvalue weighted by molar-refractivity contribution is 5.83.